The van der Waals surface area contributed by atoms with Gasteiger partial charge in [-0.25, -0.2) is 0 Å². The van der Waals surface area contributed by atoms with Crippen molar-refractivity contribution in [1.82, 2.24) is 10.6 Å². The van der Waals surface area contributed by atoms with Crippen molar-refractivity contribution in [2.24, 2.45) is 0 Å². The lowest BCUT2D eigenvalue weighted by Crippen LogP contribution is -2.37. The molecule has 0 bridgehead atoms. The molecule has 90 valence electrons. The van der Waals surface area contributed by atoms with E-state index in [9.17, 15) is 4.79 Å². The van der Waals surface area contributed by atoms with E-state index in [1.54, 1.807) is 18.4 Å². The number of thiophene rings is 1. The van der Waals surface area contributed by atoms with E-state index in [0.717, 1.165) is 10.6 Å². The summed E-state index contributed by atoms with van der Waals surface area (Å²) in [4.78, 5) is 12.4. The van der Waals surface area contributed by atoms with Crippen LogP contribution in [0.2, 0.25) is 0 Å². The van der Waals surface area contributed by atoms with Crippen molar-refractivity contribution in [1.29, 1.82) is 0 Å². The van der Waals surface area contributed by atoms with Gasteiger partial charge in [0.2, 0.25) is 5.91 Å². The minimum absolute atomic E-state index is 0.0190. The lowest BCUT2D eigenvalue weighted by Gasteiger charge is -2.09. The molecule has 0 aliphatic rings. The highest BCUT2D eigenvalue weighted by Crippen LogP contribution is 2.23. The van der Waals surface area contributed by atoms with Crippen LogP contribution in [0.15, 0.2) is 11.4 Å². The Morgan fingerprint density at radius 3 is 2.94 bits per heavy atom. The molecular weight excluding hydrogens is 224 g/mol. The predicted octanol–water partition coefficient (Wildman–Crippen LogP) is 1.37. The van der Waals surface area contributed by atoms with Gasteiger partial charge in [-0.05, 0) is 25.3 Å². The van der Waals surface area contributed by atoms with Crippen LogP contribution in [0.1, 0.15) is 18.7 Å². The van der Waals surface area contributed by atoms with E-state index in [4.69, 9.17) is 4.74 Å². The fourth-order valence-corrected chi connectivity index (χ4v) is 2.11. The average Bonchev–Trinajstić information content (AvgIpc) is 2.64. The summed E-state index contributed by atoms with van der Waals surface area (Å²) >= 11 is 1.62. The lowest BCUT2D eigenvalue weighted by molar-refractivity contribution is -0.120. The fraction of sp³-hybridized carbons (Fsp3) is 0.545. The molecule has 4 nitrogen and oxygen atoms in total. The minimum Gasteiger partial charge on any atom is -0.496 e. The number of carbonyl (C=O) groups is 1. The van der Waals surface area contributed by atoms with Gasteiger partial charge in [0.1, 0.15) is 5.75 Å². The third-order valence-corrected chi connectivity index (χ3v) is 2.85. The Balaban J connectivity index is 2.28. The Bertz CT molecular complexity index is 336. The molecule has 0 aliphatic heterocycles. The van der Waals surface area contributed by atoms with Gasteiger partial charge in [0, 0.05) is 12.6 Å². The first kappa shape index (κ1) is 13.0. The van der Waals surface area contributed by atoms with Gasteiger partial charge < -0.3 is 15.4 Å². The number of hydrogen-bond acceptors (Lipinski definition) is 4. The van der Waals surface area contributed by atoms with E-state index in [1.165, 1.54) is 0 Å². The van der Waals surface area contributed by atoms with E-state index < -0.39 is 0 Å². The van der Waals surface area contributed by atoms with Gasteiger partial charge >= 0.3 is 0 Å². The topological polar surface area (TPSA) is 50.4 Å². The Morgan fingerprint density at radius 2 is 2.31 bits per heavy atom. The second kappa shape index (κ2) is 6.50. The summed E-state index contributed by atoms with van der Waals surface area (Å²) in [6, 6.07) is 2.11. The second-order valence-corrected chi connectivity index (χ2v) is 4.74. The zero-order chi connectivity index (χ0) is 12.0. The summed E-state index contributed by atoms with van der Waals surface area (Å²) in [5.74, 6) is 0.896. The van der Waals surface area contributed by atoms with Crippen LogP contribution in [0.25, 0.3) is 0 Å². The molecule has 5 heteroatoms. The van der Waals surface area contributed by atoms with Gasteiger partial charge in [-0.3, -0.25) is 4.79 Å². The Kier molecular flexibility index (Phi) is 5.28. The van der Waals surface area contributed by atoms with Crippen molar-refractivity contribution in [3.8, 4) is 5.75 Å². The first-order chi connectivity index (χ1) is 7.63. The summed E-state index contributed by atoms with van der Waals surface area (Å²) in [5, 5.41) is 7.88. The summed E-state index contributed by atoms with van der Waals surface area (Å²) in [6.45, 7) is 4.88. The first-order valence-electron chi connectivity index (χ1n) is 5.24. The van der Waals surface area contributed by atoms with Crippen molar-refractivity contribution >= 4 is 17.2 Å². The zero-order valence-corrected chi connectivity index (χ0v) is 10.7. The molecule has 0 saturated carbocycles. The SMILES string of the molecule is COc1ccsc1CNCC(=O)NC(C)C. The molecule has 1 heterocycles. The molecule has 0 aliphatic carbocycles. The minimum atomic E-state index is 0.0190. The average molecular weight is 242 g/mol. The number of methoxy groups -OCH3 is 1. The van der Waals surface area contributed by atoms with Crippen LogP contribution >= 0.6 is 11.3 Å². The van der Waals surface area contributed by atoms with Crippen molar-refractivity contribution in [3.63, 3.8) is 0 Å². The number of amides is 1. The molecule has 0 saturated heterocycles. The standard InChI is InChI=1S/C11H18N2O2S/c1-8(2)13-11(14)7-12-6-10-9(15-3)4-5-16-10/h4-5,8,12H,6-7H2,1-3H3,(H,13,14). The van der Waals surface area contributed by atoms with Crippen molar-refractivity contribution < 1.29 is 9.53 Å². The number of hydrogen-bond donors (Lipinski definition) is 2. The van der Waals surface area contributed by atoms with Crippen LogP contribution in [0.3, 0.4) is 0 Å². The van der Waals surface area contributed by atoms with Crippen LogP contribution in [0, 0.1) is 0 Å². The van der Waals surface area contributed by atoms with Gasteiger partial charge in [0.25, 0.3) is 0 Å². The van der Waals surface area contributed by atoms with Gasteiger partial charge in [-0.2, -0.15) is 0 Å². The summed E-state index contributed by atoms with van der Waals surface area (Å²) in [5.41, 5.74) is 0. The molecule has 2 N–H and O–H groups in total. The molecule has 1 aromatic heterocycles. The quantitative estimate of drug-likeness (QED) is 0.792. The van der Waals surface area contributed by atoms with Gasteiger partial charge in [-0.1, -0.05) is 0 Å². The third kappa shape index (κ3) is 4.20. The maximum absolute atomic E-state index is 11.3. The Labute approximate surface area is 100 Å². The number of ether oxygens (including phenoxy) is 1. The van der Waals surface area contributed by atoms with Crippen LogP contribution in [0.4, 0.5) is 0 Å². The van der Waals surface area contributed by atoms with Crippen LogP contribution in [0.5, 0.6) is 5.75 Å². The third-order valence-electron chi connectivity index (χ3n) is 1.95. The molecule has 0 radical (unpaired) electrons. The largest absolute Gasteiger partial charge is 0.496 e. The predicted molar refractivity (Wildman–Crippen MR) is 65.9 cm³/mol. The van der Waals surface area contributed by atoms with Crippen LogP contribution < -0.4 is 15.4 Å². The highest BCUT2D eigenvalue weighted by molar-refractivity contribution is 7.10. The molecule has 0 atom stereocenters. The highest BCUT2D eigenvalue weighted by atomic mass is 32.1. The van der Waals surface area contributed by atoms with E-state index in [-0.39, 0.29) is 11.9 Å². The summed E-state index contributed by atoms with van der Waals surface area (Å²) in [6.07, 6.45) is 0. The van der Waals surface area contributed by atoms with Crippen LogP contribution in [-0.4, -0.2) is 25.6 Å². The Hall–Kier alpha value is -1.07. The maximum Gasteiger partial charge on any atom is 0.234 e. The molecule has 0 aromatic carbocycles. The highest BCUT2D eigenvalue weighted by Gasteiger charge is 2.06. The molecule has 1 amide bonds. The monoisotopic (exact) mass is 242 g/mol. The molecule has 0 spiro atoms. The van der Waals surface area contributed by atoms with Gasteiger partial charge in [0.15, 0.2) is 0 Å². The maximum atomic E-state index is 11.3. The second-order valence-electron chi connectivity index (χ2n) is 3.74. The van der Waals surface area contributed by atoms with E-state index >= 15 is 0 Å². The summed E-state index contributed by atoms with van der Waals surface area (Å²) < 4.78 is 5.18. The van der Waals surface area contributed by atoms with Gasteiger partial charge in [-0.15, -0.1) is 11.3 Å². The normalized spacial score (nSPS) is 10.5. The smallest absolute Gasteiger partial charge is 0.234 e. The number of nitrogens with one attached hydrogen (secondary N) is 2. The number of carbonyl (C=O) groups excluding carboxylic acids is 1. The van der Waals surface area contributed by atoms with Crippen molar-refractivity contribution in [3.05, 3.63) is 16.3 Å². The molecular formula is C11H18N2O2S. The molecule has 1 rings (SSSR count). The van der Waals surface area contributed by atoms with Crippen LogP contribution in [-0.2, 0) is 11.3 Å². The van der Waals surface area contributed by atoms with Crippen molar-refractivity contribution in [2.45, 2.75) is 26.4 Å². The lowest BCUT2D eigenvalue weighted by atomic mass is 10.4. The fourth-order valence-electron chi connectivity index (χ4n) is 1.30. The molecule has 0 fully saturated rings. The van der Waals surface area contributed by atoms with E-state index in [0.29, 0.717) is 13.1 Å². The summed E-state index contributed by atoms with van der Waals surface area (Å²) in [7, 11) is 1.65. The van der Waals surface area contributed by atoms with E-state index in [2.05, 4.69) is 10.6 Å². The van der Waals surface area contributed by atoms with E-state index in [1.807, 2.05) is 25.3 Å². The Morgan fingerprint density at radius 1 is 1.56 bits per heavy atom. The molecule has 16 heavy (non-hydrogen) atoms. The van der Waals surface area contributed by atoms with Gasteiger partial charge in [0.05, 0.1) is 18.5 Å². The zero-order valence-electron chi connectivity index (χ0n) is 9.87. The molecule has 1 aromatic rings. The number of rotatable bonds is 6. The first-order valence-corrected chi connectivity index (χ1v) is 6.12. The molecule has 0 unspecified atom stereocenters. The van der Waals surface area contributed by atoms with Crippen molar-refractivity contribution in [2.75, 3.05) is 13.7 Å².